The van der Waals surface area contributed by atoms with Crippen LogP contribution in [0.3, 0.4) is 0 Å². The highest BCUT2D eigenvalue weighted by Gasteiger charge is 2.23. The van der Waals surface area contributed by atoms with Gasteiger partial charge in [0.15, 0.2) is 6.61 Å². The summed E-state index contributed by atoms with van der Waals surface area (Å²) < 4.78 is 10.7. The fraction of sp³-hybridized carbons (Fsp3) is 0.533. The third-order valence-electron chi connectivity index (χ3n) is 3.54. The minimum atomic E-state index is 0.00839. The lowest BCUT2D eigenvalue weighted by Gasteiger charge is -2.32. The van der Waals surface area contributed by atoms with Gasteiger partial charge in [-0.3, -0.25) is 4.79 Å². The van der Waals surface area contributed by atoms with E-state index in [-0.39, 0.29) is 12.5 Å². The van der Waals surface area contributed by atoms with E-state index in [1.807, 2.05) is 17.0 Å². The highest BCUT2D eigenvalue weighted by molar-refractivity contribution is 5.78. The Labute approximate surface area is 119 Å². The number of ether oxygens (including phenoxy) is 2. The lowest BCUT2D eigenvalue weighted by atomic mass is 9.99. The van der Waals surface area contributed by atoms with E-state index < -0.39 is 0 Å². The van der Waals surface area contributed by atoms with Crippen molar-refractivity contribution in [2.45, 2.75) is 12.8 Å². The first-order valence-electron chi connectivity index (χ1n) is 6.94. The van der Waals surface area contributed by atoms with Crippen LogP contribution in [0.2, 0.25) is 0 Å². The van der Waals surface area contributed by atoms with Crippen LogP contribution in [0.4, 0.5) is 5.69 Å². The largest absolute Gasteiger partial charge is 0.482 e. The molecule has 0 bridgehead atoms. The molecule has 1 atom stereocenters. The molecule has 0 spiro atoms. The highest BCUT2D eigenvalue weighted by Crippen LogP contribution is 2.20. The van der Waals surface area contributed by atoms with Crippen LogP contribution >= 0.6 is 0 Å². The SMILES string of the molecule is COCC1CCCN(C(=O)COc2ccccc2N)C1. The molecule has 1 saturated heterocycles. The molecular formula is C15H22N2O3. The van der Waals surface area contributed by atoms with Crippen molar-refractivity contribution in [3.63, 3.8) is 0 Å². The van der Waals surface area contributed by atoms with Crippen molar-refractivity contribution in [1.29, 1.82) is 0 Å². The number of para-hydroxylation sites is 2. The second kappa shape index (κ2) is 7.14. The van der Waals surface area contributed by atoms with Gasteiger partial charge in [0.05, 0.1) is 12.3 Å². The molecule has 0 radical (unpaired) electrons. The number of methoxy groups -OCH3 is 1. The van der Waals surface area contributed by atoms with Crippen molar-refractivity contribution in [2.75, 3.05) is 39.1 Å². The summed E-state index contributed by atoms with van der Waals surface area (Å²) in [4.78, 5) is 14.0. The van der Waals surface area contributed by atoms with Crippen LogP contribution < -0.4 is 10.5 Å². The van der Waals surface area contributed by atoms with Gasteiger partial charge >= 0.3 is 0 Å². The number of carbonyl (C=O) groups is 1. The molecule has 1 fully saturated rings. The predicted octanol–water partition coefficient (Wildman–Crippen LogP) is 1.53. The van der Waals surface area contributed by atoms with Crippen LogP contribution in [0.15, 0.2) is 24.3 Å². The zero-order chi connectivity index (χ0) is 14.4. The third-order valence-corrected chi connectivity index (χ3v) is 3.54. The van der Waals surface area contributed by atoms with Gasteiger partial charge in [0, 0.05) is 20.2 Å². The van der Waals surface area contributed by atoms with Gasteiger partial charge in [0.1, 0.15) is 5.75 Å². The lowest BCUT2D eigenvalue weighted by Crippen LogP contribution is -2.43. The molecule has 110 valence electrons. The standard InChI is InChI=1S/C15H22N2O3/c1-19-10-12-5-4-8-17(9-12)15(18)11-20-14-7-3-2-6-13(14)16/h2-3,6-7,12H,4-5,8-11,16H2,1H3. The quantitative estimate of drug-likeness (QED) is 0.830. The topological polar surface area (TPSA) is 64.8 Å². The molecule has 1 unspecified atom stereocenters. The Kier molecular flexibility index (Phi) is 5.24. The van der Waals surface area contributed by atoms with Gasteiger partial charge in [-0.25, -0.2) is 0 Å². The number of hydrogen-bond acceptors (Lipinski definition) is 4. The average molecular weight is 278 g/mol. The van der Waals surface area contributed by atoms with E-state index in [1.54, 1.807) is 19.2 Å². The van der Waals surface area contributed by atoms with Crippen molar-refractivity contribution in [3.8, 4) is 5.75 Å². The summed E-state index contributed by atoms with van der Waals surface area (Å²) in [6.07, 6.45) is 2.14. The number of piperidine rings is 1. The zero-order valence-electron chi connectivity index (χ0n) is 11.9. The van der Waals surface area contributed by atoms with E-state index >= 15 is 0 Å². The summed E-state index contributed by atoms with van der Waals surface area (Å²) in [5.74, 6) is 1.000. The Balaban J connectivity index is 1.84. The van der Waals surface area contributed by atoms with Gasteiger partial charge in [-0.2, -0.15) is 0 Å². The molecule has 1 aliphatic rings. The smallest absolute Gasteiger partial charge is 0.260 e. The molecule has 1 aliphatic heterocycles. The summed E-state index contributed by atoms with van der Waals surface area (Å²) in [6, 6.07) is 7.21. The number of amides is 1. The van der Waals surface area contributed by atoms with Crippen molar-refractivity contribution < 1.29 is 14.3 Å². The number of nitrogen functional groups attached to an aromatic ring is 1. The summed E-state index contributed by atoms with van der Waals surface area (Å²) in [5, 5.41) is 0. The Bertz CT molecular complexity index is 448. The second-order valence-corrected chi connectivity index (χ2v) is 5.13. The van der Waals surface area contributed by atoms with Crippen molar-refractivity contribution in [2.24, 2.45) is 5.92 Å². The molecule has 0 saturated carbocycles. The van der Waals surface area contributed by atoms with Crippen LogP contribution in [-0.2, 0) is 9.53 Å². The molecule has 1 amide bonds. The van der Waals surface area contributed by atoms with E-state index in [4.69, 9.17) is 15.2 Å². The molecule has 1 aromatic rings. The maximum Gasteiger partial charge on any atom is 0.260 e. The van der Waals surface area contributed by atoms with Crippen LogP contribution in [0, 0.1) is 5.92 Å². The first-order valence-corrected chi connectivity index (χ1v) is 6.94. The van der Waals surface area contributed by atoms with E-state index in [1.165, 1.54) is 0 Å². The van der Waals surface area contributed by atoms with Gasteiger partial charge in [-0.05, 0) is 30.9 Å². The Morgan fingerprint density at radius 1 is 1.45 bits per heavy atom. The molecule has 0 aliphatic carbocycles. The Hall–Kier alpha value is -1.75. The Morgan fingerprint density at radius 3 is 3.00 bits per heavy atom. The number of benzene rings is 1. The minimum Gasteiger partial charge on any atom is -0.482 e. The molecular weight excluding hydrogens is 256 g/mol. The average Bonchev–Trinajstić information content (AvgIpc) is 2.47. The van der Waals surface area contributed by atoms with Gasteiger partial charge in [0.2, 0.25) is 0 Å². The Morgan fingerprint density at radius 2 is 2.25 bits per heavy atom. The van der Waals surface area contributed by atoms with Gasteiger partial charge < -0.3 is 20.1 Å². The summed E-state index contributed by atoms with van der Waals surface area (Å²) in [6.45, 7) is 2.29. The maximum atomic E-state index is 12.2. The second-order valence-electron chi connectivity index (χ2n) is 5.13. The number of likely N-dealkylation sites (tertiary alicyclic amines) is 1. The monoisotopic (exact) mass is 278 g/mol. The number of rotatable bonds is 5. The summed E-state index contributed by atoms with van der Waals surface area (Å²) in [5.41, 5.74) is 6.33. The van der Waals surface area contributed by atoms with Gasteiger partial charge in [0.25, 0.3) is 5.91 Å². The minimum absolute atomic E-state index is 0.00839. The van der Waals surface area contributed by atoms with Crippen molar-refractivity contribution >= 4 is 11.6 Å². The molecule has 2 rings (SSSR count). The number of nitrogens with two attached hydrogens (primary N) is 1. The normalized spacial score (nSPS) is 18.9. The summed E-state index contributed by atoms with van der Waals surface area (Å²) >= 11 is 0. The molecule has 20 heavy (non-hydrogen) atoms. The van der Waals surface area contributed by atoms with E-state index in [9.17, 15) is 4.79 Å². The molecule has 5 nitrogen and oxygen atoms in total. The maximum absolute atomic E-state index is 12.2. The van der Waals surface area contributed by atoms with Crippen LogP contribution in [0.1, 0.15) is 12.8 Å². The van der Waals surface area contributed by atoms with Gasteiger partial charge in [-0.15, -0.1) is 0 Å². The fourth-order valence-corrected chi connectivity index (χ4v) is 2.51. The molecule has 5 heteroatoms. The number of carbonyl (C=O) groups excluding carboxylic acids is 1. The fourth-order valence-electron chi connectivity index (χ4n) is 2.51. The summed E-state index contributed by atoms with van der Waals surface area (Å²) in [7, 11) is 1.70. The van der Waals surface area contributed by atoms with Crippen molar-refractivity contribution in [3.05, 3.63) is 24.3 Å². The molecule has 0 aromatic heterocycles. The highest BCUT2D eigenvalue weighted by atomic mass is 16.5. The van der Waals surface area contributed by atoms with Gasteiger partial charge in [-0.1, -0.05) is 12.1 Å². The molecule has 1 aromatic carbocycles. The van der Waals surface area contributed by atoms with E-state index in [0.717, 1.165) is 25.9 Å². The van der Waals surface area contributed by atoms with Crippen LogP contribution in [0.25, 0.3) is 0 Å². The third kappa shape index (κ3) is 3.87. The van der Waals surface area contributed by atoms with Crippen molar-refractivity contribution in [1.82, 2.24) is 4.90 Å². The van der Waals surface area contributed by atoms with E-state index in [0.29, 0.717) is 24.0 Å². The lowest BCUT2D eigenvalue weighted by molar-refractivity contribution is -0.135. The number of anilines is 1. The zero-order valence-corrected chi connectivity index (χ0v) is 11.9. The number of hydrogen-bond donors (Lipinski definition) is 1. The first-order chi connectivity index (χ1) is 9.70. The predicted molar refractivity (Wildman–Crippen MR) is 77.5 cm³/mol. The first kappa shape index (κ1) is 14.7. The number of nitrogens with zero attached hydrogens (tertiary/aromatic N) is 1. The molecule has 2 N–H and O–H groups in total. The van der Waals surface area contributed by atoms with E-state index in [2.05, 4.69) is 0 Å². The van der Waals surface area contributed by atoms with Crippen LogP contribution in [-0.4, -0.2) is 44.2 Å². The molecule has 1 heterocycles. The van der Waals surface area contributed by atoms with Crippen LogP contribution in [0.5, 0.6) is 5.75 Å².